The molecule has 2 N–H and O–H groups in total. The van der Waals surface area contributed by atoms with Crippen molar-refractivity contribution in [3.63, 3.8) is 0 Å². The highest BCUT2D eigenvalue weighted by Gasteiger charge is 2.33. The van der Waals surface area contributed by atoms with E-state index in [4.69, 9.17) is 0 Å². The fraction of sp³-hybridized carbons (Fsp3) is 0.455. The predicted octanol–water partition coefficient (Wildman–Crippen LogP) is 2.32. The number of halogens is 1. The number of anilines is 1. The van der Waals surface area contributed by atoms with Crippen molar-refractivity contribution >= 4 is 21.6 Å². The topological polar surface area (TPSA) is 24.1 Å². The summed E-state index contributed by atoms with van der Waals surface area (Å²) < 4.78 is 1.19. The van der Waals surface area contributed by atoms with Gasteiger partial charge >= 0.3 is 0 Å². The van der Waals surface area contributed by atoms with E-state index in [0.29, 0.717) is 12.0 Å². The quantitative estimate of drug-likeness (QED) is 0.741. The molecule has 1 aromatic carbocycles. The standard InChI is InChI=1S/C11H13BrN2/c12-7-1-2-10-9(5-7)8-3-4-13-6-11(8)14-10/h1-2,5,8,11,13-14H,3-4,6H2. The molecule has 0 amide bonds. The van der Waals surface area contributed by atoms with Crippen LogP contribution < -0.4 is 10.6 Å². The molecule has 14 heavy (non-hydrogen) atoms. The Balaban J connectivity index is 2.02. The Bertz CT molecular complexity index is 364. The minimum Gasteiger partial charge on any atom is -0.380 e. The van der Waals surface area contributed by atoms with Gasteiger partial charge in [-0.2, -0.15) is 0 Å². The molecular weight excluding hydrogens is 240 g/mol. The Morgan fingerprint density at radius 2 is 2.29 bits per heavy atom. The summed E-state index contributed by atoms with van der Waals surface area (Å²) in [4.78, 5) is 0. The predicted molar refractivity (Wildman–Crippen MR) is 61.8 cm³/mol. The minimum absolute atomic E-state index is 0.605. The van der Waals surface area contributed by atoms with Crippen LogP contribution in [0.1, 0.15) is 17.9 Å². The summed E-state index contributed by atoms with van der Waals surface area (Å²) in [5.74, 6) is 0.712. The van der Waals surface area contributed by atoms with Crippen LogP contribution in [0.4, 0.5) is 5.69 Å². The Morgan fingerprint density at radius 3 is 3.21 bits per heavy atom. The largest absolute Gasteiger partial charge is 0.380 e. The Labute approximate surface area is 92.2 Å². The van der Waals surface area contributed by atoms with Crippen LogP contribution in [-0.4, -0.2) is 19.1 Å². The van der Waals surface area contributed by atoms with E-state index in [1.807, 2.05) is 0 Å². The van der Waals surface area contributed by atoms with Crippen LogP contribution in [0.3, 0.4) is 0 Å². The smallest absolute Gasteiger partial charge is 0.0455 e. The maximum absolute atomic E-state index is 3.58. The maximum Gasteiger partial charge on any atom is 0.0455 e. The molecule has 1 aromatic rings. The van der Waals surface area contributed by atoms with Crippen molar-refractivity contribution in [2.24, 2.45) is 0 Å². The fourth-order valence-electron chi connectivity index (χ4n) is 2.55. The van der Waals surface area contributed by atoms with Gasteiger partial charge < -0.3 is 10.6 Å². The van der Waals surface area contributed by atoms with Gasteiger partial charge in [0, 0.05) is 28.7 Å². The molecular formula is C11H13BrN2. The SMILES string of the molecule is Brc1ccc2c(c1)C1CCNCC1N2. The van der Waals surface area contributed by atoms with Crippen molar-refractivity contribution in [3.05, 3.63) is 28.2 Å². The summed E-state index contributed by atoms with van der Waals surface area (Å²) in [5.41, 5.74) is 2.82. The first kappa shape index (κ1) is 8.74. The highest BCUT2D eigenvalue weighted by atomic mass is 79.9. The summed E-state index contributed by atoms with van der Waals surface area (Å²) in [7, 11) is 0. The molecule has 0 spiro atoms. The van der Waals surface area contributed by atoms with Gasteiger partial charge in [0.15, 0.2) is 0 Å². The summed E-state index contributed by atoms with van der Waals surface area (Å²) >= 11 is 3.54. The zero-order valence-corrected chi connectivity index (χ0v) is 9.47. The molecule has 0 bridgehead atoms. The highest BCUT2D eigenvalue weighted by molar-refractivity contribution is 9.10. The van der Waals surface area contributed by atoms with Gasteiger partial charge in [0.1, 0.15) is 0 Å². The second kappa shape index (κ2) is 3.24. The van der Waals surface area contributed by atoms with Crippen molar-refractivity contribution in [1.29, 1.82) is 0 Å². The number of hydrogen-bond acceptors (Lipinski definition) is 2. The van der Waals surface area contributed by atoms with Crippen molar-refractivity contribution in [2.75, 3.05) is 18.4 Å². The molecule has 3 rings (SSSR count). The van der Waals surface area contributed by atoms with Crippen molar-refractivity contribution in [3.8, 4) is 0 Å². The lowest BCUT2D eigenvalue weighted by atomic mass is 9.89. The molecule has 0 aromatic heterocycles. The van der Waals surface area contributed by atoms with Gasteiger partial charge in [-0.15, -0.1) is 0 Å². The summed E-state index contributed by atoms with van der Waals surface area (Å²) in [6.07, 6.45) is 1.25. The van der Waals surface area contributed by atoms with Crippen LogP contribution in [-0.2, 0) is 0 Å². The first-order chi connectivity index (χ1) is 6.84. The molecule has 74 valence electrons. The number of benzene rings is 1. The van der Waals surface area contributed by atoms with Gasteiger partial charge in [0.25, 0.3) is 0 Å². The number of nitrogens with one attached hydrogen (secondary N) is 2. The van der Waals surface area contributed by atoms with E-state index in [-0.39, 0.29) is 0 Å². The molecule has 2 aliphatic heterocycles. The highest BCUT2D eigenvalue weighted by Crippen LogP contribution is 2.40. The summed E-state index contributed by atoms with van der Waals surface area (Å²) in [5, 5.41) is 7.01. The van der Waals surface area contributed by atoms with E-state index in [2.05, 4.69) is 44.8 Å². The molecule has 0 aliphatic carbocycles. The number of piperidine rings is 1. The number of hydrogen-bond donors (Lipinski definition) is 2. The van der Waals surface area contributed by atoms with E-state index in [0.717, 1.165) is 13.1 Å². The van der Waals surface area contributed by atoms with Crippen LogP contribution in [0.2, 0.25) is 0 Å². The molecule has 1 saturated heterocycles. The van der Waals surface area contributed by atoms with E-state index in [1.54, 1.807) is 0 Å². The lowest BCUT2D eigenvalue weighted by Gasteiger charge is -2.26. The van der Waals surface area contributed by atoms with Crippen molar-refractivity contribution < 1.29 is 0 Å². The fourth-order valence-corrected chi connectivity index (χ4v) is 2.93. The van der Waals surface area contributed by atoms with Crippen molar-refractivity contribution in [2.45, 2.75) is 18.4 Å². The molecule has 2 nitrogen and oxygen atoms in total. The van der Waals surface area contributed by atoms with Crippen molar-refractivity contribution in [1.82, 2.24) is 5.32 Å². The molecule has 3 heteroatoms. The Morgan fingerprint density at radius 1 is 1.36 bits per heavy atom. The third-order valence-electron chi connectivity index (χ3n) is 3.24. The van der Waals surface area contributed by atoms with Gasteiger partial charge in [-0.05, 0) is 36.7 Å². The summed E-state index contributed by atoms with van der Waals surface area (Å²) in [6, 6.07) is 7.15. The van der Waals surface area contributed by atoms with Gasteiger partial charge in [-0.3, -0.25) is 0 Å². The average molecular weight is 253 g/mol. The van der Waals surface area contributed by atoms with E-state index >= 15 is 0 Å². The van der Waals surface area contributed by atoms with E-state index in [9.17, 15) is 0 Å². The van der Waals surface area contributed by atoms with Gasteiger partial charge in [0.2, 0.25) is 0 Å². The van der Waals surface area contributed by atoms with E-state index in [1.165, 1.54) is 22.1 Å². The molecule has 2 atom stereocenters. The molecule has 0 radical (unpaired) electrons. The summed E-state index contributed by atoms with van der Waals surface area (Å²) in [6.45, 7) is 2.24. The normalized spacial score (nSPS) is 29.2. The third-order valence-corrected chi connectivity index (χ3v) is 3.73. The van der Waals surface area contributed by atoms with Crippen LogP contribution >= 0.6 is 15.9 Å². The third kappa shape index (κ3) is 1.27. The first-order valence-corrected chi connectivity index (χ1v) is 5.90. The average Bonchev–Trinajstić information content (AvgIpc) is 2.56. The number of rotatable bonds is 0. The van der Waals surface area contributed by atoms with E-state index < -0.39 is 0 Å². The van der Waals surface area contributed by atoms with Crippen LogP contribution in [0.15, 0.2) is 22.7 Å². The molecule has 0 saturated carbocycles. The Kier molecular flexibility index (Phi) is 2.03. The lowest BCUT2D eigenvalue weighted by molar-refractivity contribution is 0.439. The maximum atomic E-state index is 3.58. The number of fused-ring (bicyclic) bond motifs is 3. The zero-order chi connectivity index (χ0) is 9.54. The second-order valence-electron chi connectivity index (χ2n) is 4.08. The zero-order valence-electron chi connectivity index (χ0n) is 7.89. The monoisotopic (exact) mass is 252 g/mol. The minimum atomic E-state index is 0.605. The van der Waals surface area contributed by atoms with Crippen LogP contribution in [0, 0.1) is 0 Å². The Hall–Kier alpha value is -0.540. The molecule has 2 heterocycles. The van der Waals surface area contributed by atoms with Gasteiger partial charge in [-0.1, -0.05) is 15.9 Å². The van der Waals surface area contributed by atoms with Crippen LogP contribution in [0.25, 0.3) is 0 Å². The second-order valence-corrected chi connectivity index (χ2v) is 5.00. The van der Waals surface area contributed by atoms with Gasteiger partial charge in [-0.25, -0.2) is 0 Å². The first-order valence-electron chi connectivity index (χ1n) is 5.11. The lowest BCUT2D eigenvalue weighted by Crippen LogP contribution is -2.40. The van der Waals surface area contributed by atoms with Gasteiger partial charge in [0.05, 0.1) is 0 Å². The molecule has 2 aliphatic rings. The molecule has 1 fully saturated rings. The van der Waals surface area contributed by atoms with Crippen LogP contribution in [0.5, 0.6) is 0 Å². The molecule has 2 unspecified atom stereocenters.